The molecule has 0 bridgehead atoms. The van der Waals surface area contributed by atoms with Gasteiger partial charge in [0.2, 0.25) is 5.91 Å². The zero-order valence-corrected chi connectivity index (χ0v) is 22.6. The fourth-order valence-electron chi connectivity index (χ4n) is 4.77. The van der Waals surface area contributed by atoms with Gasteiger partial charge in [0.15, 0.2) is 11.5 Å². The number of hydrogen-bond acceptors (Lipinski definition) is 5. The molecule has 6 nitrogen and oxygen atoms in total. The Morgan fingerprint density at radius 2 is 1.76 bits per heavy atom. The van der Waals surface area contributed by atoms with Gasteiger partial charge in [-0.15, -0.1) is 12.4 Å². The molecule has 0 saturated heterocycles. The normalized spacial score (nSPS) is 12.3. The maximum absolute atomic E-state index is 14.2. The van der Waals surface area contributed by atoms with E-state index in [-0.39, 0.29) is 35.3 Å². The Morgan fingerprint density at radius 3 is 2.53 bits per heavy atom. The van der Waals surface area contributed by atoms with Crippen LogP contribution in [0.5, 0.6) is 11.5 Å². The number of aryl methyl sites for hydroxylation is 1. The Morgan fingerprint density at radius 1 is 1.00 bits per heavy atom. The van der Waals surface area contributed by atoms with Crippen LogP contribution in [0, 0.1) is 5.82 Å². The van der Waals surface area contributed by atoms with Crippen molar-refractivity contribution in [2.75, 3.05) is 24.9 Å². The van der Waals surface area contributed by atoms with E-state index in [0.29, 0.717) is 17.2 Å². The number of methoxy groups -OCH3 is 2. The predicted octanol–water partition coefficient (Wildman–Crippen LogP) is 7.27. The van der Waals surface area contributed by atoms with Gasteiger partial charge in [0, 0.05) is 39.1 Å². The number of nitrogens with one attached hydrogen (secondary N) is 2. The molecular formula is C29H28Cl2FN3O3. The summed E-state index contributed by atoms with van der Waals surface area (Å²) in [5, 5.41) is 7.58. The third kappa shape index (κ3) is 5.64. The number of ether oxygens (including phenoxy) is 2. The Kier molecular flexibility index (Phi) is 8.59. The quantitative estimate of drug-likeness (QED) is 0.251. The Labute approximate surface area is 231 Å². The van der Waals surface area contributed by atoms with Crippen LogP contribution in [0.1, 0.15) is 29.7 Å². The molecule has 0 saturated carbocycles. The van der Waals surface area contributed by atoms with Gasteiger partial charge in [0.25, 0.3) is 0 Å². The molecule has 9 heteroatoms. The number of aromatic nitrogens is 1. The first-order chi connectivity index (χ1) is 18.0. The molecule has 5 rings (SSSR count). The van der Waals surface area contributed by atoms with Crippen LogP contribution in [0.25, 0.3) is 10.9 Å². The average molecular weight is 556 g/mol. The average Bonchev–Trinajstić information content (AvgIpc) is 2.91. The van der Waals surface area contributed by atoms with Crippen molar-refractivity contribution in [3.05, 3.63) is 82.3 Å². The molecule has 2 N–H and O–H groups in total. The summed E-state index contributed by atoms with van der Waals surface area (Å²) in [6.45, 7) is 0. The number of hydrogen-bond donors (Lipinski definition) is 2. The first-order valence-corrected chi connectivity index (χ1v) is 12.5. The minimum absolute atomic E-state index is 0. The summed E-state index contributed by atoms with van der Waals surface area (Å²) in [6, 6.07) is 15.7. The number of benzene rings is 3. The molecular weight excluding hydrogens is 528 g/mol. The maximum atomic E-state index is 14.2. The van der Waals surface area contributed by atoms with Gasteiger partial charge >= 0.3 is 0 Å². The smallest absolute Gasteiger partial charge is 0.228 e. The van der Waals surface area contributed by atoms with Crippen molar-refractivity contribution in [3.63, 3.8) is 0 Å². The van der Waals surface area contributed by atoms with Gasteiger partial charge in [-0.1, -0.05) is 17.7 Å². The Balaban J connectivity index is 0.00000336. The monoisotopic (exact) mass is 555 g/mol. The van der Waals surface area contributed by atoms with Crippen molar-refractivity contribution in [2.45, 2.75) is 32.1 Å². The third-order valence-electron chi connectivity index (χ3n) is 6.60. The first kappa shape index (κ1) is 27.5. The van der Waals surface area contributed by atoms with Gasteiger partial charge in [-0.3, -0.25) is 9.78 Å². The van der Waals surface area contributed by atoms with Crippen molar-refractivity contribution in [1.29, 1.82) is 0 Å². The van der Waals surface area contributed by atoms with Crippen molar-refractivity contribution in [2.24, 2.45) is 0 Å². The van der Waals surface area contributed by atoms with Crippen LogP contribution in [-0.4, -0.2) is 25.1 Å². The second-order valence-electron chi connectivity index (χ2n) is 8.97. The highest BCUT2D eigenvalue weighted by Crippen LogP contribution is 2.38. The molecule has 0 unspecified atom stereocenters. The molecule has 0 radical (unpaired) electrons. The zero-order valence-electron chi connectivity index (χ0n) is 21.1. The molecule has 1 amide bonds. The molecule has 0 fully saturated rings. The van der Waals surface area contributed by atoms with E-state index in [1.807, 2.05) is 36.4 Å². The molecule has 3 aromatic carbocycles. The van der Waals surface area contributed by atoms with Crippen LogP contribution in [-0.2, 0) is 24.1 Å². The van der Waals surface area contributed by atoms with Crippen molar-refractivity contribution < 1.29 is 18.7 Å². The molecule has 198 valence electrons. The second-order valence-corrected chi connectivity index (χ2v) is 9.38. The number of amides is 1. The highest BCUT2D eigenvalue weighted by molar-refractivity contribution is 6.31. The fourth-order valence-corrected chi connectivity index (χ4v) is 5.00. The van der Waals surface area contributed by atoms with Gasteiger partial charge in [0.1, 0.15) is 5.82 Å². The molecule has 38 heavy (non-hydrogen) atoms. The number of anilines is 3. The Bertz CT molecular complexity index is 1480. The van der Waals surface area contributed by atoms with E-state index in [4.69, 9.17) is 26.1 Å². The molecule has 1 aromatic heterocycles. The van der Waals surface area contributed by atoms with E-state index in [2.05, 4.69) is 10.6 Å². The molecule has 1 aliphatic carbocycles. The van der Waals surface area contributed by atoms with E-state index in [1.54, 1.807) is 20.3 Å². The number of nitrogens with zero attached hydrogens (tertiary/aromatic N) is 1. The van der Waals surface area contributed by atoms with Crippen molar-refractivity contribution in [3.8, 4) is 11.5 Å². The lowest BCUT2D eigenvalue weighted by Gasteiger charge is -2.22. The summed E-state index contributed by atoms with van der Waals surface area (Å²) in [5.74, 6) is 0.416. The lowest BCUT2D eigenvalue weighted by molar-refractivity contribution is -0.115. The predicted molar refractivity (Wildman–Crippen MR) is 152 cm³/mol. The summed E-state index contributed by atoms with van der Waals surface area (Å²) >= 11 is 6.11. The standard InChI is InChI=1S/C29H27ClFN3O3.ClH/c1-36-26-13-11-18(15-27(26)37-2)33-29-19-6-3-4-9-24(19)34-25-12-10-17(14-21(25)29)32-28(35)16-20-22(30)7-5-8-23(20)31;/h5,7-8,10-15H,3-4,6,9,16H2,1-2H3,(H,32,35)(H,33,34);1H. The lowest BCUT2D eigenvalue weighted by Crippen LogP contribution is -2.16. The number of rotatable bonds is 7. The Hall–Kier alpha value is -3.55. The molecule has 0 aliphatic heterocycles. The van der Waals surface area contributed by atoms with Gasteiger partial charge < -0.3 is 20.1 Å². The van der Waals surface area contributed by atoms with Gasteiger partial charge in [-0.2, -0.15) is 0 Å². The van der Waals surface area contributed by atoms with Crippen LogP contribution in [0.4, 0.5) is 21.5 Å². The van der Waals surface area contributed by atoms with Crippen LogP contribution in [0.15, 0.2) is 54.6 Å². The van der Waals surface area contributed by atoms with Gasteiger partial charge in [-0.05, 0) is 73.7 Å². The number of carbonyl (C=O) groups excluding carboxylic acids is 1. The third-order valence-corrected chi connectivity index (χ3v) is 6.95. The fraction of sp³-hybridized carbons (Fsp3) is 0.241. The van der Waals surface area contributed by atoms with Crippen LogP contribution in [0.2, 0.25) is 5.02 Å². The lowest BCUT2D eigenvalue weighted by atomic mass is 9.92. The highest BCUT2D eigenvalue weighted by atomic mass is 35.5. The molecule has 0 atom stereocenters. The second kappa shape index (κ2) is 11.9. The molecule has 4 aromatic rings. The number of fused-ring (bicyclic) bond motifs is 2. The maximum Gasteiger partial charge on any atom is 0.228 e. The van der Waals surface area contributed by atoms with Crippen LogP contribution >= 0.6 is 24.0 Å². The minimum Gasteiger partial charge on any atom is -0.493 e. The number of pyridine rings is 1. The summed E-state index contributed by atoms with van der Waals surface area (Å²) in [7, 11) is 3.21. The summed E-state index contributed by atoms with van der Waals surface area (Å²) in [5.41, 5.74) is 5.68. The molecule has 1 heterocycles. The molecule has 0 spiro atoms. The number of halogens is 3. The summed E-state index contributed by atoms with van der Waals surface area (Å²) in [4.78, 5) is 17.7. The van der Waals surface area contributed by atoms with Crippen molar-refractivity contribution >= 4 is 57.9 Å². The van der Waals surface area contributed by atoms with Gasteiger partial charge in [-0.25, -0.2) is 4.39 Å². The van der Waals surface area contributed by atoms with E-state index in [0.717, 1.165) is 53.7 Å². The number of carbonyl (C=O) groups is 1. The van der Waals surface area contributed by atoms with Crippen LogP contribution in [0.3, 0.4) is 0 Å². The minimum atomic E-state index is -0.501. The van der Waals surface area contributed by atoms with E-state index in [1.165, 1.54) is 17.7 Å². The SMILES string of the molecule is COc1ccc(Nc2c3c(nc4ccc(NC(=O)Cc5c(F)cccc5Cl)cc24)CCCC3)cc1OC.Cl. The van der Waals surface area contributed by atoms with E-state index >= 15 is 0 Å². The topological polar surface area (TPSA) is 72.5 Å². The zero-order chi connectivity index (χ0) is 25.9. The van der Waals surface area contributed by atoms with Gasteiger partial charge in [0.05, 0.1) is 31.8 Å². The first-order valence-electron chi connectivity index (χ1n) is 12.1. The highest BCUT2D eigenvalue weighted by Gasteiger charge is 2.20. The van der Waals surface area contributed by atoms with Crippen molar-refractivity contribution in [1.82, 2.24) is 4.98 Å². The largest absolute Gasteiger partial charge is 0.493 e. The summed E-state index contributed by atoms with van der Waals surface area (Å²) < 4.78 is 25.0. The van der Waals surface area contributed by atoms with Crippen LogP contribution < -0.4 is 20.1 Å². The van der Waals surface area contributed by atoms with E-state index in [9.17, 15) is 9.18 Å². The van der Waals surface area contributed by atoms with E-state index < -0.39 is 5.82 Å². The molecule has 1 aliphatic rings. The summed E-state index contributed by atoms with van der Waals surface area (Å²) in [6.07, 6.45) is 3.86.